The summed E-state index contributed by atoms with van der Waals surface area (Å²) in [6.07, 6.45) is 0.536. The maximum Gasteiger partial charge on any atom is 0.127 e. The minimum absolute atomic E-state index is 0.0476. The van der Waals surface area contributed by atoms with Crippen LogP contribution in [0.15, 0.2) is 46.9 Å². The lowest BCUT2D eigenvalue weighted by molar-refractivity contribution is 0.595. The van der Waals surface area contributed by atoms with Gasteiger partial charge in [-0.3, -0.25) is 0 Å². The van der Waals surface area contributed by atoms with Gasteiger partial charge in [-0.15, -0.1) is 0 Å². The Hall–Kier alpha value is -0.740. The molecule has 0 saturated heterocycles. The monoisotopic (exact) mass is 388 g/mol. The molecule has 0 aliphatic carbocycles. The van der Waals surface area contributed by atoms with Gasteiger partial charge in [-0.05, 0) is 47.7 Å². The molecule has 1 unspecified atom stereocenters. The third-order valence-corrected chi connectivity index (χ3v) is 4.26. The Morgan fingerprint density at radius 1 is 1.05 bits per heavy atom. The van der Waals surface area contributed by atoms with Crippen molar-refractivity contribution in [3.63, 3.8) is 0 Å². The van der Waals surface area contributed by atoms with Crippen molar-refractivity contribution in [2.45, 2.75) is 12.3 Å². The van der Waals surface area contributed by atoms with Gasteiger partial charge in [-0.25, -0.2) is 8.78 Å². The summed E-state index contributed by atoms with van der Waals surface area (Å²) in [5.41, 5.74) is 1.51. The third kappa shape index (κ3) is 3.86. The second-order valence-corrected chi connectivity index (χ2v) is 5.91. The van der Waals surface area contributed by atoms with E-state index in [9.17, 15) is 8.78 Å². The van der Waals surface area contributed by atoms with Crippen LogP contribution in [0.4, 0.5) is 8.78 Å². The highest BCUT2D eigenvalue weighted by Gasteiger charge is 2.14. The summed E-state index contributed by atoms with van der Waals surface area (Å²) in [5, 5.41) is 0.659. The van der Waals surface area contributed by atoms with Gasteiger partial charge in [-0.1, -0.05) is 50.1 Å². The van der Waals surface area contributed by atoms with Crippen LogP contribution in [0.1, 0.15) is 17.0 Å². The van der Waals surface area contributed by atoms with Gasteiger partial charge in [0, 0.05) is 9.80 Å². The maximum absolute atomic E-state index is 13.8. The first-order chi connectivity index (χ1) is 9.10. The quantitative estimate of drug-likeness (QED) is 0.610. The van der Waals surface area contributed by atoms with Crippen LogP contribution in [0, 0.1) is 11.6 Å². The van der Waals surface area contributed by atoms with E-state index in [1.54, 1.807) is 12.1 Å². The standard InChI is InChI=1S/C15H12Br2F2/c16-9-12(10-2-1-3-14(18)7-10)6-11-4-5-13(17)8-15(11)19/h1-5,7-8,12H,6,9H2. The van der Waals surface area contributed by atoms with Crippen molar-refractivity contribution in [2.75, 3.05) is 5.33 Å². The molecule has 0 amide bonds. The summed E-state index contributed by atoms with van der Waals surface area (Å²) in [6.45, 7) is 0. The van der Waals surface area contributed by atoms with Crippen molar-refractivity contribution < 1.29 is 8.78 Å². The fourth-order valence-corrected chi connectivity index (χ4v) is 2.91. The Kier molecular flexibility index (Phi) is 5.11. The molecule has 0 aliphatic heterocycles. The van der Waals surface area contributed by atoms with Gasteiger partial charge in [0.05, 0.1) is 0 Å². The molecule has 2 rings (SSSR count). The minimum atomic E-state index is -0.264. The van der Waals surface area contributed by atoms with Crippen molar-refractivity contribution in [3.05, 3.63) is 69.7 Å². The molecule has 0 nitrogen and oxygen atoms in total. The molecule has 0 aromatic heterocycles. The molecule has 100 valence electrons. The highest BCUT2D eigenvalue weighted by atomic mass is 79.9. The number of benzene rings is 2. The van der Waals surface area contributed by atoms with Gasteiger partial charge < -0.3 is 0 Å². The van der Waals surface area contributed by atoms with E-state index in [2.05, 4.69) is 31.9 Å². The second kappa shape index (κ2) is 6.62. The lowest BCUT2D eigenvalue weighted by Gasteiger charge is -2.15. The molecule has 2 aromatic rings. The molecule has 0 radical (unpaired) electrons. The van der Waals surface area contributed by atoms with Crippen LogP contribution in [0.25, 0.3) is 0 Å². The maximum atomic E-state index is 13.8. The Morgan fingerprint density at radius 2 is 1.84 bits per heavy atom. The smallest absolute Gasteiger partial charge is 0.127 e. The normalized spacial score (nSPS) is 12.4. The van der Waals surface area contributed by atoms with Crippen LogP contribution in [-0.2, 0) is 6.42 Å². The third-order valence-electron chi connectivity index (χ3n) is 2.99. The lowest BCUT2D eigenvalue weighted by atomic mass is 9.93. The summed E-state index contributed by atoms with van der Waals surface area (Å²) < 4.78 is 27.8. The first-order valence-corrected chi connectivity index (χ1v) is 7.77. The molecule has 0 heterocycles. The van der Waals surface area contributed by atoms with E-state index in [0.29, 0.717) is 17.3 Å². The predicted molar refractivity (Wildman–Crippen MR) is 80.7 cm³/mol. The zero-order valence-corrected chi connectivity index (χ0v) is 13.2. The average molecular weight is 390 g/mol. The lowest BCUT2D eigenvalue weighted by Crippen LogP contribution is -2.06. The minimum Gasteiger partial charge on any atom is -0.207 e. The zero-order valence-electron chi connectivity index (χ0n) is 10.0. The van der Waals surface area contributed by atoms with Gasteiger partial charge in [-0.2, -0.15) is 0 Å². The highest BCUT2D eigenvalue weighted by Crippen LogP contribution is 2.26. The summed E-state index contributed by atoms with van der Waals surface area (Å²) in [7, 11) is 0. The van der Waals surface area contributed by atoms with E-state index in [1.807, 2.05) is 12.1 Å². The summed E-state index contributed by atoms with van der Waals surface area (Å²) in [6, 6.07) is 11.5. The molecule has 1 atom stereocenters. The van der Waals surface area contributed by atoms with Crippen molar-refractivity contribution in [1.29, 1.82) is 0 Å². The predicted octanol–water partition coefficient (Wildman–Crippen LogP) is 5.45. The molecule has 0 bridgehead atoms. The first-order valence-electron chi connectivity index (χ1n) is 5.85. The zero-order chi connectivity index (χ0) is 13.8. The molecular weight excluding hydrogens is 378 g/mol. The molecule has 2 aromatic carbocycles. The second-order valence-electron chi connectivity index (χ2n) is 4.35. The largest absolute Gasteiger partial charge is 0.207 e. The Morgan fingerprint density at radius 3 is 2.47 bits per heavy atom. The molecule has 0 N–H and O–H groups in total. The Bertz CT molecular complexity index is 570. The molecule has 0 aliphatic rings. The molecular formula is C15H12Br2F2. The summed E-state index contributed by atoms with van der Waals surface area (Å²) in [4.78, 5) is 0. The average Bonchev–Trinajstić information content (AvgIpc) is 2.38. The number of hydrogen-bond donors (Lipinski definition) is 0. The molecule has 19 heavy (non-hydrogen) atoms. The van der Waals surface area contributed by atoms with E-state index in [-0.39, 0.29) is 17.6 Å². The Labute approximate surface area is 128 Å². The van der Waals surface area contributed by atoms with Gasteiger partial charge >= 0.3 is 0 Å². The molecule has 0 saturated carbocycles. The van der Waals surface area contributed by atoms with E-state index >= 15 is 0 Å². The van der Waals surface area contributed by atoms with Gasteiger partial charge in [0.1, 0.15) is 11.6 Å². The van der Waals surface area contributed by atoms with Crippen LogP contribution >= 0.6 is 31.9 Å². The van der Waals surface area contributed by atoms with Crippen LogP contribution in [0.3, 0.4) is 0 Å². The van der Waals surface area contributed by atoms with E-state index in [0.717, 1.165) is 10.0 Å². The molecule has 0 spiro atoms. The number of hydrogen-bond acceptors (Lipinski definition) is 0. The van der Waals surface area contributed by atoms with Crippen molar-refractivity contribution >= 4 is 31.9 Å². The van der Waals surface area contributed by atoms with Crippen molar-refractivity contribution in [1.82, 2.24) is 0 Å². The van der Waals surface area contributed by atoms with Crippen LogP contribution in [0.5, 0.6) is 0 Å². The summed E-state index contributed by atoms with van der Waals surface area (Å²) in [5.74, 6) is -0.456. The van der Waals surface area contributed by atoms with E-state index < -0.39 is 0 Å². The van der Waals surface area contributed by atoms with Gasteiger partial charge in [0.15, 0.2) is 0 Å². The topological polar surface area (TPSA) is 0 Å². The fourth-order valence-electron chi connectivity index (χ4n) is 1.97. The number of halogens is 4. The SMILES string of the molecule is Fc1cccc(C(CBr)Cc2ccc(Br)cc2F)c1. The highest BCUT2D eigenvalue weighted by molar-refractivity contribution is 9.10. The van der Waals surface area contributed by atoms with Crippen molar-refractivity contribution in [2.24, 2.45) is 0 Å². The Balaban J connectivity index is 2.24. The van der Waals surface area contributed by atoms with Crippen LogP contribution in [0.2, 0.25) is 0 Å². The van der Waals surface area contributed by atoms with Gasteiger partial charge in [0.25, 0.3) is 0 Å². The van der Waals surface area contributed by atoms with Crippen LogP contribution in [-0.4, -0.2) is 5.33 Å². The molecule has 0 fully saturated rings. The fraction of sp³-hybridized carbons (Fsp3) is 0.200. The van der Waals surface area contributed by atoms with E-state index in [4.69, 9.17) is 0 Å². The number of alkyl halides is 1. The van der Waals surface area contributed by atoms with E-state index in [1.165, 1.54) is 18.2 Å². The summed E-state index contributed by atoms with van der Waals surface area (Å²) >= 11 is 6.65. The van der Waals surface area contributed by atoms with Gasteiger partial charge in [0.2, 0.25) is 0 Å². The van der Waals surface area contributed by atoms with Crippen LogP contribution < -0.4 is 0 Å². The number of rotatable bonds is 4. The van der Waals surface area contributed by atoms with Crippen molar-refractivity contribution in [3.8, 4) is 0 Å². The molecule has 4 heteroatoms. The first kappa shape index (κ1) is 14.7.